The van der Waals surface area contributed by atoms with Crippen molar-refractivity contribution < 1.29 is 22.0 Å². The maximum absolute atomic E-state index is 14.3. The number of amides is 1. The second kappa shape index (κ2) is 8.37. The van der Waals surface area contributed by atoms with Crippen LogP contribution in [0.25, 0.3) is 0 Å². The zero-order valence-corrected chi connectivity index (χ0v) is 17.7. The normalized spacial score (nSPS) is 16.1. The molecular weight excluding hydrogens is 446 g/mol. The molecule has 0 radical (unpaired) electrons. The Morgan fingerprint density at radius 1 is 0.871 bits per heavy atom. The van der Waals surface area contributed by atoms with E-state index in [9.17, 15) is 22.0 Å². The van der Waals surface area contributed by atoms with Crippen molar-refractivity contribution in [3.63, 3.8) is 0 Å². The second-order valence-electron chi connectivity index (χ2n) is 7.01. The number of para-hydroxylation sites is 1. The first kappa shape index (κ1) is 21.4. The molecule has 3 aromatic rings. The van der Waals surface area contributed by atoms with Gasteiger partial charge in [0.1, 0.15) is 16.5 Å². The quantitative estimate of drug-likeness (QED) is 0.579. The number of nitrogens with zero attached hydrogens (tertiary/aromatic N) is 2. The van der Waals surface area contributed by atoms with Crippen molar-refractivity contribution in [3.8, 4) is 0 Å². The van der Waals surface area contributed by atoms with E-state index in [-0.39, 0.29) is 33.3 Å². The Bertz CT molecular complexity index is 1250. The van der Waals surface area contributed by atoms with Crippen molar-refractivity contribution in [2.24, 2.45) is 0 Å². The summed E-state index contributed by atoms with van der Waals surface area (Å²) in [5.74, 6) is -1.74. The Balaban J connectivity index is 1.79. The summed E-state index contributed by atoms with van der Waals surface area (Å²) in [6, 6.07) is 16.0. The monoisotopic (exact) mass is 462 g/mol. The molecule has 4 rings (SSSR count). The molecule has 5 nitrogen and oxygen atoms in total. The lowest BCUT2D eigenvalue weighted by atomic mass is 10.1. The number of carbonyl (C=O) groups is 1. The zero-order chi connectivity index (χ0) is 22.2. The van der Waals surface area contributed by atoms with E-state index >= 15 is 0 Å². The van der Waals surface area contributed by atoms with E-state index in [0.717, 1.165) is 4.31 Å². The van der Waals surface area contributed by atoms with E-state index in [1.54, 1.807) is 12.1 Å². The molecule has 0 spiro atoms. The van der Waals surface area contributed by atoms with Gasteiger partial charge in [0.2, 0.25) is 15.9 Å². The van der Waals surface area contributed by atoms with Crippen molar-refractivity contribution in [1.82, 2.24) is 4.31 Å². The van der Waals surface area contributed by atoms with Crippen LogP contribution in [0.5, 0.6) is 0 Å². The summed E-state index contributed by atoms with van der Waals surface area (Å²) in [5.41, 5.74) is 0.354. The van der Waals surface area contributed by atoms with Crippen LogP contribution in [-0.4, -0.2) is 25.2 Å². The SMILES string of the molecule is O=C1CN(Cc2c(F)cccc2Cl)S(=O)(=O)c2ccccc2N1Cc1ccccc1F. The lowest BCUT2D eigenvalue weighted by Gasteiger charge is -2.22. The third-order valence-electron chi connectivity index (χ3n) is 5.07. The lowest BCUT2D eigenvalue weighted by Crippen LogP contribution is -2.39. The van der Waals surface area contributed by atoms with Crippen LogP contribution in [0.3, 0.4) is 0 Å². The first-order valence-electron chi connectivity index (χ1n) is 9.35. The average Bonchev–Trinajstić information content (AvgIpc) is 2.81. The standard InChI is InChI=1S/C22H17ClF2N2O3S/c23-17-7-5-9-19(25)16(17)13-26-14-22(28)27(12-15-6-1-2-8-18(15)24)20-10-3-4-11-21(20)31(26,29)30/h1-11H,12-14H2. The number of halogens is 3. The summed E-state index contributed by atoms with van der Waals surface area (Å²) in [4.78, 5) is 14.2. The Kier molecular flexibility index (Phi) is 5.79. The van der Waals surface area contributed by atoms with Crippen molar-refractivity contribution in [1.29, 1.82) is 0 Å². The van der Waals surface area contributed by atoms with Crippen molar-refractivity contribution >= 4 is 33.2 Å². The number of hydrogen-bond donors (Lipinski definition) is 0. The molecule has 0 bridgehead atoms. The van der Waals surface area contributed by atoms with Gasteiger partial charge >= 0.3 is 0 Å². The highest BCUT2D eigenvalue weighted by Gasteiger charge is 2.37. The van der Waals surface area contributed by atoms with E-state index in [2.05, 4.69) is 0 Å². The maximum atomic E-state index is 14.3. The van der Waals surface area contributed by atoms with Gasteiger partial charge in [-0.15, -0.1) is 0 Å². The summed E-state index contributed by atoms with van der Waals surface area (Å²) in [6.45, 7) is -1.11. The number of carbonyl (C=O) groups excluding carboxylic acids is 1. The third kappa shape index (κ3) is 4.06. The lowest BCUT2D eigenvalue weighted by molar-refractivity contribution is -0.119. The number of hydrogen-bond acceptors (Lipinski definition) is 3. The summed E-state index contributed by atoms with van der Waals surface area (Å²) >= 11 is 6.07. The highest BCUT2D eigenvalue weighted by atomic mass is 35.5. The maximum Gasteiger partial charge on any atom is 0.245 e. The second-order valence-corrected chi connectivity index (χ2v) is 9.33. The fraction of sp³-hybridized carbons (Fsp3) is 0.136. The van der Waals surface area contributed by atoms with Gasteiger partial charge in [0, 0.05) is 22.7 Å². The van der Waals surface area contributed by atoms with Crippen molar-refractivity contribution in [2.75, 3.05) is 11.4 Å². The minimum absolute atomic E-state index is 0.0272. The molecule has 0 saturated heterocycles. The molecule has 0 unspecified atom stereocenters. The Labute approximate surface area is 183 Å². The van der Waals surface area contributed by atoms with Gasteiger partial charge in [-0.2, -0.15) is 4.31 Å². The average molecular weight is 463 g/mol. The zero-order valence-electron chi connectivity index (χ0n) is 16.1. The molecule has 160 valence electrons. The molecule has 31 heavy (non-hydrogen) atoms. The highest BCUT2D eigenvalue weighted by molar-refractivity contribution is 7.89. The van der Waals surface area contributed by atoms with Crippen LogP contribution < -0.4 is 4.90 Å². The minimum Gasteiger partial charge on any atom is -0.305 e. The molecule has 0 saturated carbocycles. The molecule has 0 fully saturated rings. The van der Waals surface area contributed by atoms with Gasteiger partial charge in [-0.1, -0.05) is 48.0 Å². The smallest absolute Gasteiger partial charge is 0.245 e. The van der Waals surface area contributed by atoms with E-state index in [0.29, 0.717) is 0 Å². The molecule has 0 atom stereocenters. The van der Waals surface area contributed by atoms with Gasteiger partial charge in [0.05, 0.1) is 18.8 Å². The predicted octanol–water partition coefficient (Wildman–Crippen LogP) is 4.36. The molecule has 1 aliphatic heterocycles. The van der Waals surface area contributed by atoms with Crippen LogP contribution in [0.1, 0.15) is 11.1 Å². The van der Waals surface area contributed by atoms with E-state index in [1.807, 2.05) is 0 Å². The van der Waals surface area contributed by atoms with Gasteiger partial charge < -0.3 is 4.90 Å². The number of rotatable bonds is 4. The molecule has 1 aliphatic rings. The summed E-state index contributed by atoms with van der Waals surface area (Å²) in [6.07, 6.45) is 0. The molecule has 0 aromatic heterocycles. The van der Waals surface area contributed by atoms with E-state index < -0.39 is 40.7 Å². The van der Waals surface area contributed by atoms with Crippen molar-refractivity contribution in [2.45, 2.75) is 18.0 Å². The fourth-order valence-electron chi connectivity index (χ4n) is 3.46. The molecule has 1 amide bonds. The summed E-state index contributed by atoms with van der Waals surface area (Å²) < 4.78 is 56.2. The third-order valence-corrected chi connectivity index (χ3v) is 7.26. The molecule has 1 heterocycles. The Morgan fingerprint density at radius 3 is 2.29 bits per heavy atom. The molecule has 0 N–H and O–H groups in total. The number of fused-ring (bicyclic) bond motifs is 1. The van der Waals surface area contributed by atoms with Crippen LogP contribution in [0, 0.1) is 11.6 Å². The van der Waals surface area contributed by atoms with E-state index in [4.69, 9.17) is 11.6 Å². The molecule has 0 aliphatic carbocycles. The van der Waals surface area contributed by atoms with Gasteiger partial charge in [0.15, 0.2) is 0 Å². The highest BCUT2D eigenvalue weighted by Crippen LogP contribution is 2.34. The van der Waals surface area contributed by atoms with Crippen molar-refractivity contribution in [3.05, 3.63) is 94.5 Å². The largest absolute Gasteiger partial charge is 0.305 e. The number of anilines is 1. The Hall–Kier alpha value is -2.81. The van der Waals surface area contributed by atoms with Gasteiger partial charge in [-0.05, 0) is 30.3 Å². The predicted molar refractivity (Wildman–Crippen MR) is 113 cm³/mol. The van der Waals surface area contributed by atoms with Crippen LogP contribution >= 0.6 is 11.6 Å². The first-order chi connectivity index (χ1) is 14.8. The molecule has 3 aromatic carbocycles. The molecular formula is C22H17ClF2N2O3S. The van der Waals surface area contributed by atoms with Crippen LogP contribution in [0.15, 0.2) is 71.6 Å². The van der Waals surface area contributed by atoms with Crippen LogP contribution in [0.2, 0.25) is 5.02 Å². The summed E-state index contributed by atoms with van der Waals surface area (Å²) in [5, 5.41) is 0.0587. The summed E-state index contributed by atoms with van der Waals surface area (Å²) in [7, 11) is -4.17. The van der Waals surface area contributed by atoms with Gasteiger partial charge in [-0.3, -0.25) is 4.79 Å². The minimum atomic E-state index is -4.17. The topological polar surface area (TPSA) is 57.7 Å². The van der Waals surface area contributed by atoms with Gasteiger partial charge in [0.25, 0.3) is 0 Å². The first-order valence-corrected chi connectivity index (χ1v) is 11.2. The Morgan fingerprint density at radius 2 is 1.55 bits per heavy atom. The van der Waals surface area contributed by atoms with Crippen LogP contribution in [-0.2, 0) is 27.9 Å². The fourth-order valence-corrected chi connectivity index (χ4v) is 5.24. The number of benzene rings is 3. The van der Waals surface area contributed by atoms with E-state index in [1.165, 1.54) is 59.5 Å². The number of sulfonamides is 1. The van der Waals surface area contributed by atoms with Crippen LogP contribution in [0.4, 0.5) is 14.5 Å². The molecule has 9 heteroatoms. The van der Waals surface area contributed by atoms with Gasteiger partial charge in [-0.25, -0.2) is 17.2 Å².